The number of aromatic nitrogens is 2. The van der Waals surface area contributed by atoms with Crippen molar-refractivity contribution in [3.63, 3.8) is 0 Å². The number of fused-ring (bicyclic) bond motifs is 2. The molecule has 3 aromatic heterocycles. The van der Waals surface area contributed by atoms with E-state index in [9.17, 15) is 19.6 Å². The smallest absolute Gasteiger partial charge is 0.256 e. The average Bonchev–Trinajstić information content (AvgIpc) is 3.32. The number of carbonyl (C=O) groups is 3. The Hall–Kier alpha value is -3.64. The first-order chi connectivity index (χ1) is 17.8. The van der Waals surface area contributed by atoms with Crippen molar-refractivity contribution in [3.05, 3.63) is 46.2 Å². The molecule has 37 heavy (non-hydrogen) atoms. The second-order valence-electron chi connectivity index (χ2n) is 10.5. The van der Waals surface area contributed by atoms with Gasteiger partial charge in [0.25, 0.3) is 5.91 Å². The number of pyridine rings is 2. The van der Waals surface area contributed by atoms with Gasteiger partial charge in [-0.3, -0.25) is 24.3 Å². The van der Waals surface area contributed by atoms with Gasteiger partial charge in [-0.1, -0.05) is 13.8 Å². The third-order valence-corrected chi connectivity index (χ3v) is 9.60. The molecule has 1 aliphatic carbocycles. The summed E-state index contributed by atoms with van der Waals surface area (Å²) in [7, 11) is 0. The number of hydrogen-bond acceptors (Lipinski definition) is 7. The number of piperidine rings is 1. The molecule has 0 radical (unpaired) electrons. The van der Waals surface area contributed by atoms with Gasteiger partial charge in [-0.15, -0.1) is 11.3 Å². The van der Waals surface area contributed by atoms with E-state index in [4.69, 9.17) is 0 Å². The Morgan fingerprint density at radius 2 is 1.89 bits per heavy atom. The summed E-state index contributed by atoms with van der Waals surface area (Å²) in [5.41, 5.74) is 3.27. The van der Waals surface area contributed by atoms with E-state index in [2.05, 4.69) is 16.0 Å². The number of carbonyl (C=O) groups excluding carboxylic acids is 3. The van der Waals surface area contributed by atoms with Crippen molar-refractivity contribution in [1.29, 1.82) is 5.26 Å². The van der Waals surface area contributed by atoms with E-state index in [1.54, 1.807) is 19.2 Å². The quantitative estimate of drug-likeness (QED) is 0.471. The van der Waals surface area contributed by atoms with Crippen LogP contribution in [0.2, 0.25) is 0 Å². The van der Waals surface area contributed by atoms with Gasteiger partial charge in [-0.2, -0.15) is 5.26 Å². The second-order valence-corrected chi connectivity index (χ2v) is 11.6. The Morgan fingerprint density at radius 1 is 1.19 bits per heavy atom. The SMILES string of the molecule is CCC1(C)C2C(=O)N(Cc3cc4nccc(-c5cc(C#N)nc(C)c5C(=O)N5CCCC5)c4s3)C(=O)C21. The highest BCUT2D eigenvalue weighted by molar-refractivity contribution is 7.19. The number of imide groups is 1. The van der Waals surface area contributed by atoms with E-state index in [1.165, 1.54) is 16.2 Å². The number of nitriles is 1. The monoisotopic (exact) mass is 513 g/mol. The summed E-state index contributed by atoms with van der Waals surface area (Å²) in [5.74, 6) is -0.623. The number of rotatable bonds is 5. The predicted molar refractivity (Wildman–Crippen MR) is 138 cm³/mol. The number of thiophene rings is 1. The maximum absolute atomic E-state index is 13.5. The van der Waals surface area contributed by atoms with Crippen molar-refractivity contribution in [2.45, 2.75) is 46.6 Å². The lowest BCUT2D eigenvalue weighted by Crippen LogP contribution is -2.35. The number of hydrogen-bond donors (Lipinski definition) is 0. The van der Waals surface area contributed by atoms with Gasteiger partial charge in [0.2, 0.25) is 11.8 Å². The zero-order valence-electron chi connectivity index (χ0n) is 21.1. The topological polar surface area (TPSA) is 107 Å². The van der Waals surface area contributed by atoms with Gasteiger partial charge in [0.15, 0.2) is 0 Å². The molecule has 0 spiro atoms. The largest absolute Gasteiger partial charge is 0.339 e. The van der Waals surface area contributed by atoms with Crippen LogP contribution in [0.1, 0.15) is 59.7 Å². The van der Waals surface area contributed by atoms with Crippen LogP contribution in [0.4, 0.5) is 0 Å². The third kappa shape index (κ3) is 3.50. The van der Waals surface area contributed by atoms with Crippen molar-refractivity contribution in [2.75, 3.05) is 13.1 Å². The summed E-state index contributed by atoms with van der Waals surface area (Å²) in [6, 6.07) is 7.56. The van der Waals surface area contributed by atoms with Gasteiger partial charge in [0.05, 0.1) is 39.9 Å². The predicted octanol–water partition coefficient (Wildman–Crippen LogP) is 4.31. The van der Waals surface area contributed by atoms with Crippen LogP contribution < -0.4 is 0 Å². The summed E-state index contributed by atoms with van der Waals surface area (Å²) >= 11 is 1.47. The minimum Gasteiger partial charge on any atom is -0.339 e. The molecule has 3 amide bonds. The maximum Gasteiger partial charge on any atom is 0.256 e. The van der Waals surface area contributed by atoms with Crippen molar-refractivity contribution >= 4 is 39.3 Å². The van der Waals surface area contributed by atoms with Crippen LogP contribution in [-0.2, 0) is 16.1 Å². The second kappa shape index (κ2) is 8.45. The van der Waals surface area contributed by atoms with Gasteiger partial charge in [-0.05, 0) is 49.8 Å². The van der Waals surface area contributed by atoms with Crippen molar-refractivity contribution < 1.29 is 14.4 Å². The molecule has 3 aromatic rings. The fourth-order valence-corrected chi connectivity index (χ4v) is 7.31. The molecule has 1 saturated carbocycles. The zero-order chi connectivity index (χ0) is 26.1. The lowest BCUT2D eigenvalue weighted by atomic mass is 9.97. The maximum atomic E-state index is 13.5. The minimum absolute atomic E-state index is 0.0739. The van der Waals surface area contributed by atoms with Crippen LogP contribution in [0.15, 0.2) is 24.4 Å². The lowest BCUT2D eigenvalue weighted by molar-refractivity contribution is -0.143. The highest BCUT2D eigenvalue weighted by atomic mass is 32.1. The zero-order valence-corrected chi connectivity index (χ0v) is 21.9. The first-order valence-electron chi connectivity index (χ1n) is 12.7. The molecule has 2 saturated heterocycles. The molecule has 2 atom stereocenters. The molecule has 6 rings (SSSR count). The summed E-state index contributed by atoms with van der Waals surface area (Å²) in [6.07, 6.45) is 4.46. The van der Waals surface area contributed by atoms with Crippen LogP contribution >= 0.6 is 11.3 Å². The fraction of sp³-hybridized carbons (Fsp3) is 0.429. The first kappa shape index (κ1) is 23.7. The van der Waals surface area contributed by atoms with Gasteiger partial charge < -0.3 is 4.90 Å². The summed E-state index contributed by atoms with van der Waals surface area (Å²) in [5, 5.41) is 9.59. The molecule has 188 valence electrons. The number of amides is 3. The molecule has 0 bridgehead atoms. The average molecular weight is 514 g/mol. The molecular weight excluding hydrogens is 486 g/mol. The third-order valence-electron chi connectivity index (χ3n) is 8.46. The summed E-state index contributed by atoms with van der Waals surface area (Å²) < 4.78 is 0.852. The Labute approximate surface area is 218 Å². The first-order valence-corrected chi connectivity index (χ1v) is 13.5. The standard InChI is InChI=1S/C28H27N5O3S/c1-4-28(3)22-23(28)27(36)33(26(22)35)14-17-12-20-24(37-17)18(7-8-30-20)19-11-16(13-29)31-15(2)21(19)25(34)32-9-5-6-10-32/h7-8,11-12,22-23H,4-6,9-10,14H2,1-3H3. The lowest BCUT2D eigenvalue weighted by Gasteiger charge is -2.21. The molecule has 2 aliphatic heterocycles. The molecule has 3 fully saturated rings. The summed E-state index contributed by atoms with van der Waals surface area (Å²) in [6.45, 7) is 7.48. The molecule has 0 N–H and O–H groups in total. The van der Waals surface area contributed by atoms with Crippen LogP contribution in [0.25, 0.3) is 21.3 Å². The summed E-state index contributed by atoms with van der Waals surface area (Å²) in [4.78, 5) is 52.5. The number of likely N-dealkylation sites (tertiary alicyclic amines) is 2. The van der Waals surface area contributed by atoms with Crippen LogP contribution in [0.3, 0.4) is 0 Å². The van der Waals surface area contributed by atoms with E-state index in [1.807, 2.05) is 30.9 Å². The number of aryl methyl sites for hydroxylation is 1. The Balaban J connectivity index is 1.39. The fourth-order valence-electron chi connectivity index (χ4n) is 6.18. The minimum atomic E-state index is -0.199. The molecule has 0 aromatic carbocycles. The van der Waals surface area contributed by atoms with Gasteiger partial charge >= 0.3 is 0 Å². The van der Waals surface area contributed by atoms with Gasteiger partial charge in [0, 0.05) is 35.3 Å². The van der Waals surface area contributed by atoms with E-state index in [-0.39, 0.29) is 47.2 Å². The molecule has 5 heterocycles. The number of nitrogens with zero attached hydrogens (tertiary/aromatic N) is 5. The van der Waals surface area contributed by atoms with E-state index in [0.29, 0.717) is 29.9 Å². The van der Waals surface area contributed by atoms with Crippen molar-refractivity contribution in [3.8, 4) is 17.2 Å². The molecular formula is C28H27N5O3S. The molecule has 3 aliphatic rings. The Kier molecular flexibility index (Phi) is 5.42. The highest BCUT2D eigenvalue weighted by Gasteiger charge is 2.73. The van der Waals surface area contributed by atoms with Crippen molar-refractivity contribution in [2.24, 2.45) is 17.3 Å². The van der Waals surface area contributed by atoms with E-state index < -0.39 is 0 Å². The van der Waals surface area contributed by atoms with Gasteiger partial charge in [0.1, 0.15) is 11.8 Å². The van der Waals surface area contributed by atoms with Gasteiger partial charge in [-0.25, -0.2) is 4.98 Å². The van der Waals surface area contributed by atoms with Crippen LogP contribution in [0.5, 0.6) is 0 Å². The molecule has 2 unspecified atom stereocenters. The van der Waals surface area contributed by atoms with E-state index >= 15 is 0 Å². The van der Waals surface area contributed by atoms with Crippen molar-refractivity contribution in [1.82, 2.24) is 19.8 Å². The Morgan fingerprint density at radius 3 is 2.54 bits per heavy atom. The van der Waals surface area contributed by atoms with E-state index in [0.717, 1.165) is 39.9 Å². The van der Waals surface area contributed by atoms with Crippen LogP contribution in [-0.4, -0.2) is 50.6 Å². The Bertz CT molecular complexity index is 1510. The normalized spacial score (nSPS) is 24.6. The molecule has 9 heteroatoms. The molecule has 8 nitrogen and oxygen atoms in total. The van der Waals surface area contributed by atoms with Crippen LogP contribution in [0, 0.1) is 35.5 Å². The highest BCUT2D eigenvalue weighted by Crippen LogP contribution is 2.65.